The zero-order valence-electron chi connectivity index (χ0n) is 14.3. The molecule has 2 aromatic carbocycles. The first-order valence-corrected chi connectivity index (χ1v) is 8.79. The molecule has 0 aliphatic heterocycles. The van der Waals surface area contributed by atoms with Crippen LogP contribution in [0.3, 0.4) is 0 Å². The topological polar surface area (TPSA) is 32.9 Å². The highest BCUT2D eigenvalue weighted by atomic mass is 35.5. The van der Waals surface area contributed by atoms with E-state index in [1.165, 1.54) is 12.0 Å². The number of benzene rings is 2. The van der Waals surface area contributed by atoms with Crippen LogP contribution in [-0.4, -0.2) is 4.98 Å². The van der Waals surface area contributed by atoms with Crippen molar-refractivity contribution in [3.8, 4) is 0 Å². The minimum Gasteiger partial charge on any atom is -0.328 e. The van der Waals surface area contributed by atoms with E-state index in [0.29, 0.717) is 5.39 Å². The number of hydrogen-bond donors (Lipinski definition) is 1. The summed E-state index contributed by atoms with van der Waals surface area (Å²) in [5.74, 6) is 1.10. The second-order valence-electron chi connectivity index (χ2n) is 6.31. The van der Waals surface area contributed by atoms with Crippen LogP contribution in [0.5, 0.6) is 0 Å². The van der Waals surface area contributed by atoms with Crippen LogP contribution in [0.2, 0.25) is 5.02 Å². The molecule has 1 aromatic heterocycles. The van der Waals surface area contributed by atoms with Gasteiger partial charge in [0.2, 0.25) is 0 Å². The number of rotatable bonds is 5. The largest absolute Gasteiger partial charge is 0.328 e. The lowest BCUT2D eigenvalue weighted by atomic mass is 9.80. The molecule has 0 fully saturated rings. The Morgan fingerprint density at radius 3 is 2.60 bits per heavy atom. The summed E-state index contributed by atoms with van der Waals surface area (Å²) in [7, 11) is 0. The summed E-state index contributed by atoms with van der Waals surface area (Å²) >= 11 is 5.90. The second-order valence-corrected chi connectivity index (χ2v) is 6.72. The SMILES string of the molecule is CC[C](c1c[nH]c(=O)c2ccccc12)C(C)Cc1ccc(F)c(Cl)c1. The fourth-order valence-electron chi connectivity index (χ4n) is 3.42. The second kappa shape index (κ2) is 7.40. The Kier molecular flexibility index (Phi) is 5.24. The van der Waals surface area contributed by atoms with Crippen LogP contribution in [0, 0.1) is 17.7 Å². The lowest BCUT2D eigenvalue weighted by Gasteiger charge is -2.24. The highest BCUT2D eigenvalue weighted by molar-refractivity contribution is 6.30. The number of aromatic amines is 1. The Hall–Kier alpha value is -2.13. The minimum absolute atomic E-state index is 0.0761. The standard InChI is InChI=1S/C21H20ClFNO/c1-3-15(13(2)10-14-8-9-20(23)19(22)11-14)18-12-24-21(25)17-7-5-4-6-16(17)18/h4-9,11-13H,3,10H2,1-2H3,(H,24,25). The Balaban J connectivity index is 1.95. The first-order chi connectivity index (χ1) is 12.0. The van der Waals surface area contributed by atoms with Gasteiger partial charge in [-0.1, -0.05) is 49.7 Å². The van der Waals surface area contributed by atoms with E-state index in [-0.39, 0.29) is 16.5 Å². The normalized spacial score (nSPS) is 12.7. The molecule has 0 aliphatic rings. The molecule has 129 valence electrons. The average Bonchev–Trinajstić information content (AvgIpc) is 2.61. The molecule has 0 bridgehead atoms. The molecule has 3 aromatic rings. The average molecular weight is 357 g/mol. The van der Waals surface area contributed by atoms with Gasteiger partial charge >= 0.3 is 0 Å². The fraction of sp³-hybridized carbons (Fsp3) is 0.238. The number of hydrogen-bond acceptors (Lipinski definition) is 1. The molecule has 0 amide bonds. The monoisotopic (exact) mass is 356 g/mol. The van der Waals surface area contributed by atoms with Crippen molar-refractivity contribution in [3.05, 3.63) is 86.9 Å². The van der Waals surface area contributed by atoms with E-state index in [2.05, 4.69) is 18.8 Å². The van der Waals surface area contributed by atoms with Gasteiger partial charge in [-0.05, 0) is 53.5 Å². The molecule has 0 spiro atoms. The number of H-pyrrole nitrogens is 1. The van der Waals surface area contributed by atoms with Gasteiger partial charge in [-0.2, -0.15) is 0 Å². The highest BCUT2D eigenvalue weighted by Crippen LogP contribution is 2.33. The highest BCUT2D eigenvalue weighted by Gasteiger charge is 2.22. The number of nitrogens with one attached hydrogen (secondary N) is 1. The maximum Gasteiger partial charge on any atom is 0.255 e. The summed E-state index contributed by atoms with van der Waals surface area (Å²) in [6.45, 7) is 4.26. The van der Waals surface area contributed by atoms with Gasteiger partial charge < -0.3 is 4.98 Å². The van der Waals surface area contributed by atoms with Crippen molar-refractivity contribution >= 4 is 22.4 Å². The Morgan fingerprint density at radius 2 is 1.92 bits per heavy atom. The van der Waals surface area contributed by atoms with E-state index in [1.807, 2.05) is 24.3 Å². The molecule has 0 saturated carbocycles. The van der Waals surface area contributed by atoms with Crippen LogP contribution in [0.4, 0.5) is 4.39 Å². The molecular weight excluding hydrogens is 337 g/mol. The van der Waals surface area contributed by atoms with E-state index >= 15 is 0 Å². The molecule has 4 heteroatoms. The lowest BCUT2D eigenvalue weighted by Crippen LogP contribution is -2.16. The van der Waals surface area contributed by atoms with Crippen molar-refractivity contribution in [3.63, 3.8) is 0 Å². The van der Waals surface area contributed by atoms with Crippen LogP contribution >= 0.6 is 11.6 Å². The number of fused-ring (bicyclic) bond motifs is 1. The molecule has 3 rings (SSSR count). The molecule has 2 nitrogen and oxygen atoms in total. The number of pyridine rings is 1. The third kappa shape index (κ3) is 3.62. The summed E-state index contributed by atoms with van der Waals surface area (Å²) in [5, 5.41) is 1.81. The molecular formula is C21H20ClFNO. The van der Waals surface area contributed by atoms with Gasteiger partial charge in [0.25, 0.3) is 5.56 Å². The van der Waals surface area contributed by atoms with Gasteiger partial charge in [0, 0.05) is 17.5 Å². The number of aromatic nitrogens is 1. The zero-order valence-corrected chi connectivity index (χ0v) is 15.0. The molecule has 1 N–H and O–H groups in total. The molecule has 1 radical (unpaired) electrons. The van der Waals surface area contributed by atoms with Gasteiger partial charge in [-0.3, -0.25) is 4.79 Å². The summed E-state index contributed by atoms with van der Waals surface area (Å²) < 4.78 is 13.4. The van der Waals surface area contributed by atoms with Gasteiger partial charge in [0.1, 0.15) is 5.82 Å². The van der Waals surface area contributed by atoms with Crippen molar-refractivity contribution in [1.82, 2.24) is 4.98 Å². The van der Waals surface area contributed by atoms with Crippen molar-refractivity contribution in [2.45, 2.75) is 26.7 Å². The Labute approximate surface area is 151 Å². The third-order valence-electron chi connectivity index (χ3n) is 4.66. The van der Waals surface area contributed by atoms with Gasteiger partial charge in [-0.25, -0.2) is 4.39 Å². The van der Waals surface area contributed by atoms with Crippen LogP contribution in [0.1, 0.15) is 31.4 Å². The first-order valence-electron chi connectivity index (χ1n) is 8.41. The minimum atomic E-state index is -0.399. The van der Waals surface area contributed by atoms with E-state index in [1.54, 1.807) is 18.3 Å². The molecule has 0 saturated heterocycles. The smallest absolute Gasteiger partial charge is 0.255 e. The van der Waals surface area contributed by atoms with Crippen LogP contribution in [-0.2, 0) is 6.42 Å². The first kappa shape index (κ1) is 17.7. The van der Waals surface area contributed by atoms with Gasteiger partial charge in [-0.15, -0.1) is 0 Å². The molecule has 1 atom stereocenters. The Morgan fingerprint density at radius 1 is 1.20 bits per heavy atom. The van der Waals surface area contributed by atoms with E-state index in [4.69, 9.17) is 11.6 Å². The summed E-state index contributed by atoms with van der Waals surface area (Å²) in [4.78, 5) is 14.9. The summed E-state index contributed by atoms with van der Waals surface area (Å²) in [5.41, 5.74) is 1.99. The van der Waals surface area contributed by atoms with E-state index < -0.39 is 5.82 Å². The molecule has 25 heavy (non-hydrogen) atoms. The number of halogens is 2. The Bertz CT molecular complexity index is 950. The zero-order chi connectivity index (χ0) is 18.0. The summed E-state index contributed by atoms with van der Waals surface area (Å²) in [6, 6.07) is 12.5. The molecule has 1 heterocycles. The molecule has 0 aliphatic carbocycles. The predicted molar refractivity (Wildman–Crippen MR) is 101 cm³/mol. The maximum atomic E-state index is 13.4. The van der Waals surface area contributed by atoms with Crippen molar-refractivity contribution in [2.75, 3.05) is 0 Å². The van der Waals surface area contributed by atoms with Crippen molar-refractivity contribution in [2.24, 2.45) is 5.92 Å². The fourth-order valence-corrected chi connectivity index (χ4v) is 3.63. The van der Waals surface area contributed by atoms with Gasteiger partial charge in [0.15, 0.2) is 0 Å². The van der Waals surface area contributed by atoms with Gasteiger partial charge in [0.05, 0.1) is 5.02 Å². The summed E-state index contributed by atoms with van der Waals surface area (Å²) in [6.07, 6.45) is 3.43. The van der Waals surface area contributed by atoms with E-state index in [0.717, 1.165) is 29.4 Å². The van der Waals surface area contributed by atoms with E-state index in [9.17, 15) is 9.18 Å². The van der Waals surface area contributed by atoms with Crippen LogP contribution in [0.25, 0.3) is 10.8 Å². The van der Waals surface area contributed by atoms with Crippen molar-refractivity contribution in [1.29, 1.82) is 0 Å². The van der Waals surface area contributed by atoms with Crippen LogP contribution in [0.15, 0.2) is 53.5 Å². The predicted octanol–water partition coefficient (Wildman–Crippen LogP) is 5.53. The lowest BCUT2D eigenvalue weighted by molar-refractivity contribution is 0.583. The van der Waals surface area contributed by atoms with Crippen molar-refractivity contribution < 1.29 is 4.39 Å². The quantitative estimate of drug-likeness (QED) is 0.640. The third-order valence-corrected chi connectivity index (χ3v) is 4.95. The van der Waals surface area contributed by atoms with Crippen LogP contribution < -0.4 is 5.56 Å². The molecule has 1 unspecified atom stereocenters. The maximum absolute atomic E-state index is 13.4.